The molecule has 0 atom stereocenters. The van der Waals surface area contributed by atoms with Crippen LogP contribution in [0.2, 0.25) is 0 Å². The van der Waals surface area contributed by atoms with E-state index >= 15 is 0 Å². The lowest BCUT2D eigenvalue weighted by Crippen LogP contribution is -2.14. The molecule has 1 aromatic heterocycles. The number of nitro benzene ring substituents is 1. The van der Waals surface area contributed by atoms with Crippen LogP contribution in [0.25, 0.3) is 10.9 Å². The first-order chi connectivity index (χ1) is 16.3. The minimum absolute atomic E-state index is 0.0167. The van der Waals surface area contributed by atoms with E-state index in [0.717, 1.165) is 21.9 Å². The van der Waals surface area contributed by atoms with Gasteiger partial charge >= 0.3 is 5.97 Å². The molecule has 0 amide bonds. The zero-order valence-corrected chi connectivity index (χ0v) is 18.8. The van der Waals surface area contributed by atoms with Gasteiger partial charge in [-0.2, -0.15) is 0 Å². The number of nitrogens with one attached hydrogen (secondary N) is 1. The van der Waals surface area contributed by atoms with Gasteiger partial charge < -0.3 is 14.6 Å². The van der Waals surface area contributed by atoms with Crippen molar-refractivity contribution in [1.82, 2.24) is 4.57 Å². The van der Waals surface area contributed by atoms with E-state index in [1.165, 1.54) is 37.1 Å². The second-order valence-corrected chi connectivity index (χ2v) is 8.47. The van der Waals surface area contributed by atoms with Crippen LogP contribution in [0.5, 0.6) is 0 Å². The fourth-order valence-electron chi connectivity index (χ4n) is 3.54. The molecule has 0 saturated carbocycles. The maximum atomic E-state index is 13.8. The van der Waals surface area contributed by atoms with Gasteiger partial charge in [-0.15, -0.1) is 0 Å². The monoisotopic (exact) mass is 483 g/mol. The highest BCUT2D eigenvalue weighted by Crippen LogP contribution is 2.40. The van der Waals surface area contributed by atoms with Crippen molar-refractivity contribution >= 4 is 40.0 Å². The molecule has 7 nitrogen and oxygen atoms in total. The third-order valence-electron chi connectivity index (χ3n) is 5.07. The molecular weight excluding hydrogens is 464 g/mol. The number of aromatic nitrogens is 1. The van der Waals surface area contributed by atoms with E-state index in [2.05, 4.69) is 10.1 Å². The summed E-state index contributed by atoms with van der Waals surface area (Å²) in [6.45, 7) is 0.138. The Hall–Kier alpha value is -3.92. The summed E-state index contributed by atoms with van der Waals surface area (Å²) in [5, 5.41) is 15.2. The molecule has 0 aliphatic heterocycles. The number of nitro groups is 1. The molecular formula is C24H19F2N3O4S. The Labute approximate surface area is 197 Å². The van der Waals surface area contributed by atoms with Crippen LogP contribution in [0.15, 0.2) is 76.7 Å². The Kier molecular flexibility index (Phi) is 6.78. The van der Waals surface area contributed by atoms with E-state index in [-0.39, 0.29) is 18.8 Å². The molecule has 3 aromatic carbocycles. The quantitative estimate of drug-likeness (QED) is 0.199. The molecule has 0 aliphatic rings. The average molecular weight is 483 g/mol. The topological polar surface area (TPSA) is 86.4 Å². The van der Waals surface area contributed by atoms with Crippen molar-refractivity contribution in [2.75, 3.05) is 19.0 Å². The number of carbonyl (C=O) groups excluding carboxylic acids is 1. The SMILES string of the molecule is COC(=O)CNc1ccc2c(Sc3ccccc3[N+](=O)[O-])cn(Cc3cc(F)cc(F)c3)c2c1. The summed E-state index contributed by atoms with van der Waals surface area (Å²) in [4.78, 5) is 23.7. The summed E-state index contributed by atoms with van der Waals surface area (Å²) in [5.41, 5.74) is 1.77. The van der Waals surface area contributed by atoms with Crippen LogP contribution in [0.3, 0.4) is 0 Å². The van der Waals surface area contributed by atoms with Crippen LogP contribution in [-0.4, -0.2) is 29.1 Å². The van der Waals surface area contributed by atoms with Crippen LogP contribution in [-0.2, 0) is 16.1 Å². The molecule has 0 saturated heterocycles. The summed E-state index contributed by atoms with van der Waals surface area (Å²) in [5.74, 6) is -1.79. The number of nitrogens with zero attached hydrogens (tertiary/aromatic N) is 2. The van der Waals surface area contributed by atoms with Crippen LogP contribution in [0.4, 0.5) is 20.2 Å². The minimum Gasteiger partial charge on any atom is -0.468 e. The molecule has 0 unspecified atom stereocenters. The lowest BCUT2D eigenvalue weighted by molar-refractivity contribution is -0.387. The van der Waals surface area contributed by atoms with Gasteiger partial charge in [0.15, 0.2) is 0 Å². The zero-order chi connectivity index (χ0) is 24.2. The lowest BCUT2D eigenvalue weighted by Gasteiger charge is -2.09. The van der Waals surface area contributed by atoms with Gasteiger partial charge in [-0.3, -0.25) is 14.9 Å². The third kappa shape index (κ3) is 5.18. The molecule has 1 N–H and O–H groups in total. The molecule has 0 radical (unpaired) electrons. The van der Waals surface area contributed by atoms with E-state index in [4.69, 9.17) is 0 Å². The number of halogens is 2. The predicted molar refractivity (Wildman–Crippen MR) is 125 cm³/mol. The number of esters is 1. The molecule has 1 heterocycles. The van der Waals surface area contributed by atoms with Crippen LogP contribution in [0, 0.1) is 21.7 Å². The van der Waals surface area contributed by atoms with Crippen molar-refractivity contribution < 1.29 is 23.2 Å². The minimum atomic E-state index is -0.679. The molecule has 0 fully saturated rings. The Morgan fingerprint density at radius 1 is 1.09 bits per heavy atom. The molecule has 4 aromatic rings. The number of ether oxygens (including phenoxy) is 1. The van der Waals surface area contributed by atoms with E-state index < -0.39 is 22.5 Å². The number of para-hydroxylation sites is 1. The highest BCUT2D eigenvalue weighted by molar-refractivity contribution is 7.99. The van der Waals surface area contributed by atoms with Crippen molar-refractivity contribution in [2.45, 2.75) is 16.3 Å². The van der Waals surface area contributed by atoms with Gasteiger partial charge in [0.1, 0.15) is 18.2 Å². The number of benzene rings is 3. The molecule has 4 rings (SSSR count). The number of hydrogen-bond donors (Lipinski definition) is 1. The summed E-state index contributed by atoms with van der Waals surface area (Å²) in [7, 11) is 1.29. The van der Waals surface area contributed by atoms with Gasteiger partial charge in [0, 0.05) is 40.8 Å². The molecule has 174 valence electrons. The molecule has 34 heavy (non-hydrogen) atoms. The first kappa shape index (κ1) is 23.2. The van der Waals surface area contributed by atoms with Crippen LogP contribution in [0.1, 0.15) is 5.56 Å². The number of rotatable bonds is 8. The predicted octanol–water partition coefficient (Wildman–Crippen LogP) is 5.61. The van der Waals surface area contributed by atoms with E-state index in [9.17, 15) is 23.7 Å². The number of fused-ring (bicyclic) bond motifs is 1. The standard InChI is InChI=1S/C24H19F2N3O4S/c1-33-24(30)12-27-18-6-7-19-21(11-18)28(13-15-8-16(25)10-17(26)9-15)14-23(19)34-22-5-3-2-4-20(22)29(31)32/h2-11,14,27H,12-13H2,1H3. The van der Waals surface area contributed by atoms with Crippen LogP contribution >= 0.6 is 11.8 Å². The van der Waals surface area contributed by atoms with E-state index in [1.54, 1.807) is 36.5 Å². The maximum Gasteiger partial charge on any atom is 0.325 e. The lowest BCUT2D eigenvalue weighted by atomic mass is 10.2. The van der Waals surface area contributed by atoms with Crippen molar-refractivity contribution in [3.05, 3.63) is 94.2 Å². The van der Waals surface area contributed by atoms with Gasteiger partial charge in [-0.1, -0.05) is 23.9 Å². The van der Waals surface area contributed by atoms with Crippen molar-refractivity contribution in [1.29, 1.82) is 0 Å². The average Bonchev–Trinajstić information content (AvgIpc) is 3.13. The largest absolute Gasteiger partial charge is 0.468 e. The fourth-order valence-corrected chi connectivity index (χ4v) is 4.63. The fraction of sp³-hybridized carbons (Fsp3) is 0.125. The first-order valence-electron chi connectivity index (χ1n) is 10.1. The molecule has 0 spiro atoms. The summed E-state index contributed by atoms with van der Waals surface area (Å²) < 4.78 is 34.0. The number of hydrogen-bond acceptors (Lipinski definition) is 6. The first-order valence-corrected chi connectivity index (χ1v) is 11.0. The van der Waals surface area contributed by atoms with Crippen LogP contribution < -0.4 is 5.32 Å². The molecule has 10 heteroatoms. The highest BCUT2D eigenvalue weighted by Gasteiger charge is 2.18. The third-order valence-corrected chi connectivity index (χ3v) is 6.18. The highest BCUT2D eigenvalue weighted by atomic mass is 32.2. The van der Waals surface area contributed by atoms with Gasteiger partial charge in [0.25, 0.3) is 5.69 Å². The Balaban J connectivity index is 1.76. The second kappa shape index (κ2) is 9.92. The van der Waals surface area contributed by atoms with E-state index in [0.29, 0.717) is 16.1 Å². The van der Waals surface area contributed by atoms with Gasteiger partial charge in [-0.05, 0) is 42.0 Å². The Morgan fingerprint density at radius 2 is 1.82 bits per heavy atom. The van der Waals surface area contributed by atoms with Crippen molar-refractivity contribution in [2.24, 2.45) is 0 Å². The molecule has 0 bridgehead atoms. The summed E-state index contributed by atoms with van der Waals surface area (Å²) in [6.07, 6.45) is 1.79. The smallest absolute Gasteiger partial charge is 0.325 e. The Morgan fingerprint density at radius 3 is 2.53 bits per heavy atom. The van der Waals surface area contributed by atoms with Gasteiger partial charge in [-0.25, -0.2) is 8.78 Å². The number of carbonyl (C=O) groups is 1. The summed E-state index contributed by atoms with van der Waals surface area (Å²) >= 11 is 1.23. The number of methoxy groups -OCH3 is 1. The molecule has 0 aliphatic carbocycles. The summed E-state index contributed by atoms with van der Waals surface area (Å²) in [6, 6.07) is 15.1. The second-order valence-electron chi connectivity index (χ2n) is 7.39. The maximum absolute atomic E-state index is 13.8. The Bertz CT molecular complexity index is 1370. The van der Waals surface area contributed by atoms with E-state index in [1.807, 2.05) is 10.6 Å². The zero-order valence-electron chi connectivity index (χ0n) is 18.0. The van der Waals surface area contributed by atoms with Gasteiger partial charge in [0.2, 0.25) is 0 Å². The van der Waals surface area contributed by atoms with Crippen molar-refractivity contribution in [3.63, 3.8) is 0 Å². The van der Waals surface area contributed by atoms with Gasteiger partial charge in [0.05, 0.1) is 22.4 Å². The number of anilines is 1. The van der Waals surface area contributed by atoms with Crippen molar-refractivity contribution in [3.8, 4) is 0 Å². The normalized spacial score (nSPS) is 10.9.